The van der Waals surface area contributed by atoms with Crippen molar-refractivity contribution < 1.29 is 26.7 Å². The monoisotopic (exact) mass is 484 g/mol. The van der Waals surface area contributed by atoms with Crippen LogP contribution in [-0.4, -0.2) is 6.61 Å². The average molecular weight is 485 g/mol. The Morgan fingerprint density at radius 1 is 0.629 bits per heavy atom. The first-order valence-electron chi connectivity index (χ1n) is 11.6. The molecule has 0 spiro atoms. The van der Waals surface area contributed by atoms with Gasteiger partial charge in [-0.05, 0) is 66.3 Å². The van der Waals surface area contributed by atoms with Gasteiger partial charge in [-0.1, -0.05) is 43.3 Å². The van der Waals surface area contributed by atoms with Crippen LogP contribution in [0, 0.1) is 29.1 Å². The van der Waals surface area contributed by atoms with E-state index >= 15 is 4.39 Å². The Kier molecular flexibility index (Phi) is 7.69. The summed E-state index contributed by atoms with van der Waals surface area (Å²) >= 11 is 0. The van der Waals surface area contributed by atoms with Crippen molar-refractivity contribution in [2.24, 2.45) is 0 Å². The number of halogens is 5. The van der Waals surface area contributed by atoms with Crippen LogP contribution in [0.5, 0.6) is 5.75 Å². The van der Waals surface area contributed by atoms with Crippen LogP contribution in [0.4, 0.5) is 22.0 Å². The standard InChI is InChI=1S/C29H25F5O/c1-2-13-35-22-16-26(31)24(27(32)17-22)11-5-18-4-10-23-21(14-18)9-8-20(29(23)34)7-3-19-6-12-25(30)28(33)15-19/h4,6,8-10,12,14-17H,2-3,5,7,11,13H2,1H3. The van der Waals surface area contributed by atoms with E-state index in [1.165, 1.54) is 18.2 Å². The Morgan fingerprint density at radius 2 is 1.31 bits per heavy atom. The molecule has 0 fully saturated rings. The van der Waals surface area contributed by atoms with Gasteiger partial charge in [-0.15, -0.1) is 0 Å². The molecule has 4 rings (SSSR count). The summed E-state index contributed by atoms with van der Waals surface area (Å²) in [6.45, 7) is 2.30. The van der Waals surface area contributed by atoms with Gasteiger partial charge in [0, 0.05) is 23.1 Å². The van der Waals surface area contributed by atoms with Gasteiger partial charge >= 0.3 is 0 Å². The third-order valence-corrected chi connectivity index (χ3v) is 6.02. The molecule has 4 aromatic rings. The van der Waals surface area contributed by atoms with Gasteiger partial charge in [0.25, 0.3) is 0 Å². The predicted octanol–water partition coefficient (Wildman–Crippen LogP) is 7.89. The molecule has 0 aliphatic rings. The number of fused-ring (bicyclic) bond motifs is 1. The van der Waals surface area contributed by atoms with Crippen LogP contribution >= 0.6 is 0 Å². The van der Waals surface area contributed by atoms with Gasteiger partial charge in [0.15, 0.2) is 11.6 Å². The Hall–Kier alpha value is -3.41. The lowest BCUT2D eigenvalue weighted by Gasteiger charge is -2.11. The first-order chi connectivity index (χ1) is 16.9. The Bertz CT molecular complexity index is 1330. The van der Waals surface area contributed by atoms with Crippen molar-refractivity contribution in [2.45, 2.75) is 39.0 Å². The molecule has 0 saturated heterocycles. The van der Waals surface area contributed by atoms with Crippen molar-refractivity contribution in [1.29, 1.82) is 0 Å². The zero-order valence-corrected chi connectivity index (χ0v) is 19.3. The number of benzene rings is 4. The third kappa shape index (κ3) is 5.81. The second-order valence-electron chi connectivity index (χ2n) is 8.56. The van der Waals surface area contributed by atoms with Crippen LogP contribution in [0.1, 0.15) is 35.6 Å². The van der Waals surface area contributed by atoms with Crippen molar-refractivity contribution in [3.8, 4) is 5.75 Å². The lowest BCUT2D eigenvalue weighted by Crippen LogP contribution is -2.02. The molecule has 6 heteroatoms. The number of ether oxygens (including phenoxy) is 1. The second kappa shape index (κ2) is 10.9. The Morgan fingerprint density at radius 3 is 2.03 bits per heavy atom. The number of hydrogen-bond acceptors (Lipinski definition) is 1. The van der Waals surface area contributed by atoms with Crippen LogP contribution in [0.15, 0.2) is 60.7 Å². The number of hydrogen-bond donors (Lipinski definition) is 0. The number of rotatable bonds is 9. The number of aryl methyl sites for hydroxylation is 3. The fourth-order valence-electron chi connectivity index (χ4n) is 4.10. The topological polar surface area (TPSA) is 9.23 Å². The molecule has 0 atom stereocenters. The summed E-state index contributed by atoms with van der Waals surface area (Å²) in [5.74, 6) is -3.31. The maximum Gasteiger partial charge on any atom is 0.159 e. The van der Waals surface area contributed by atoms with Crippen LogP contribution in [-0.2, 0) is 25.7 Å². The zero-order chi connectivity index (χ0) is 24.9. The molecule has 0 unspecified atom stereocenters. The third-order valence-electron chi connectivity index (χ3n) is 6.02. The maximum atomic E-state index is 15.1. The molecule has 0 saturated carbocycles. The van der Waals surface area contributed by atoms with E-state index in [0.717, 1.165) is 24.1 Å². The molecule has 0 amide bonds. The molecule has 0 aliphatic heterocycles. The van der Waals surface area contributed by atoms with Crippen molar-refractivity contribution >= 4 is 10.8 Å². The summed E-state index contributed by atoms with van der Waals surface area (Å²) in [7, 11) is 0. The van der Waals surface area contributed by atoms with E-state index in [1.807, 2.05) is 13.0 Å². The van der Waals surface area contributed by atoms with Gasteiger partial charge in [0.05, 0.1) is 6.61 Å². The molecular weight excluding hydrogens is 459 g/mol. The van der Waals surface area contributed by atoms with Gasteiger partial charge in [-0.3, -0.25) is 0 Å². The van der Waals surface area contributed by atoms with Crippen LogP contribution in [0.25, 0.3) is 10.8 Å². The fraction of sp³-hybridized carbons (Fsp3) is 0.241. The highest BCUT2D eigenvalue weighted by Gasteiger charge is 2.14. The second-order valence-corrected chi connectivity index (χ2v) is 8.56. The molecule has 0 bridgehead atoms. The quantitative estimate of drug-likeness (QED) is 0.220. The van der Waals surface area contributed by atoms with Gasteiger partial charge in [-0.25, -0.2) is 22.0 Å². The summed E-state index contributed by atoms with van der Waals surface area (Å²) < 4.78 is 75.7. The lowest BCUT2D eigenvalue weighted by molar-refractivity contribution is 0.313. The molecule has 0 N–H and O–H groups in total. The first-order valence-corrected chi connectivity index (χ1v) is 11.6. The van der Waals surface area contributed by atoms with Gasteiger partial charge in [-0.2, -0.15) is 0 Å². The smallest absolute Gasteiger partial charge is 0.159 e. The highest BCUT2D eigenvalue weighted by atomic mass is 19.2. The van der Waals surface area contributed by atoms with Crippen molar-refractivity contribution in [2.75, 3.05) is 6.61 Å². The highest BCUT2D eigenvalue weighted by molar-refractivity contribution is 5.84. The molecule has 35 heavy (non-hydrogen) atoms. The molecule has 0 aliphatic carbocycles. The lowest BCUT2D eigenvalue weighted by atomic mass is 9.97. The van der Waals surface area contributed by atoms with Crippen LogP contribution < -0.4 is 4.74 Å². The normalized spacial score (nSPS) is 11.3. The minimum atomic E-state index is -0.922. The van der Waals surface area contributed by atoms with E-state index in [1.54, 1.807) is 24.3 Å². The summed E-state index contributed by atoms with van der Waals surface area (Å²) in [5, 5.41) is 1.12. The SMILES string of the molecule is CCCOc1cc(F)c(CCc2ccc3c(F)c(CCc4ccc(F)c(F)c4)ccc3c2)c(F)c1. The van der Waals surface area contributed by atoms with E-state index in [2.05, 4.69) is 0 Å². The van der Waals surface area contributed by atoms with Crippen molar-refractivity contribution in [3.63, 3.8) is 0 Å². The summed E-state index contributed by atoms with van der Waals surface area (Å²) in [5.41, 5.74) is 1.89. The molecule has 0 aromatic heterocycles. The summed E-state index contributed by atoms with van der Waals surface area (Å²) in [4.78, 5) is 0. The Balaban J connectivity index is 1.46. The van der Waals surface area contributed by atoms with E-state index in [0.29, 0.717) is 47.8 Å². The Labute approximate surface area is 201 Å². The zero-order valence-electron chi connectivity index (χ0n) is 19.3. The first kappa shape index (κ1) is 24.7. The van der Waals surface area contributed by atoms with Gasteiger partial charge in [0.2, 0.25) is 0 Å². The maximum absolute atomic E-state index is 15.1. The van der Waals surface area contributed by atoms with E-state index in [4.69, 9.17) is 4.74 Å². The largest absolute Gasteiger partial charge is 0.493 e. The minimum Gasteiger partial charge on any atom is -0.493 e. The minimum absolute atomic E-state index is 0.00676. The van der Waals surface area contributed by atoms with Crippen molar-refractivity contribution in [3.05, 3.63) is 112 Å². The van der Waals surface area contributed by atoms with E-state index in [9.17, 15) is 17.6 Å². The molecule has 1 nitrogen and oxygen atoms in total. The van der Waals surface area contributed by atoms with Crippen LogP contribution in [0.3, 0.4) is 0 Å². The van der Waals surface area contributed by atoms with E-state index in [-0.39, 0.29) is 23.6 Å². The molecular formula is C29H25F5O. The summed E-state index contributed by atoms with van der Waals surface area (Å²) in [6.07, 6.45) is 2.00. The summed E-state index contributed by atoms with van der Waals surface area (Å²) in [6, 6.07) is 14.8. The van der Waals surface area contributed by atoms with Gasteiger partial charge in [0.1, 0.15) is 23.2 Å². The fourth-order valence-corrected chi connectivity index (χ4v) is 4.10. The molecule has 4 aromatic carbocycles. The van der Waals surface area contributed by atoms with Crippen molar-refractivity contribution in [1.82, 2.24) is 0 Å². The van der Waals surface area contributed by atoms with Gasteiger partial charge < -0.3 is 4.74 Å². The molecule has 0 radical (unpaired) electrons. The average Bonchev–Trinajstić information content (AvgIpc) is 2.84. The predicted molar refractivity (Wildman–Crippen MR) is 127 cm³/mol. The van der Waals surface area contributed by atoms with E-state index < -0.39 is 23.3 Å². The molecule has 0 heterocycles. The van der Waals surface area contributed by atoms with Crippen LogP contribution in [0.2, 0.25) is 0 Å². The highest BCUT2D eigenvalue weighted by Crippen LogP contribution is 2.26. The molecule has 182 valence electrons.